The second-order valence-electron chi connectivity index (χ2n) is 3.76. The van der Waals surface area contributed by atoms with Crippen molar-refractivity contribution in [2.45, 2.75) is 26.7 Å². The van der Waals surface area contributed by atoms with Gasteiger partial charge in [-0.15, -0.1) is 0 Å². The molecule has 1 atom stereocenters. The first kappa shape index (κ1) is 12.8. The predicted octanol–water partition coefficient (Wildman–Crippen LogP) is 4.11. The van der Waals surface area contributed by atoms with Crippen molar-refractivity contribution in [2.75, 3.05) is 0 Å². The van der Waals surface area contributed by atoms with Crippen LogP contribution < -0.4 is 0 Å². The van der Waals surface area contributed by atoms with Crippen LogP contribution in [0.25, 0.3) is 0 Å². The Balaban J connectivity index is 2.96. The van der Waals surface area contributed by atoms with Gasteiger partial charge in [0.25, 0.3) is 0 Å². The lowest BCUT2D eigenvalue weighted by molar-refractivity contribution is 0.653. The molecular formula is C14H14BrN. The molecule has 16 heavy (non-hydrogen) atoms. The SMILES string of the molecule is CCCC(C)C#Cc1cc(Br)ccc1C#N. The first-order valence-electron chi connectivity index (χ1n) is 5.38. The van der Waals surface area contributed by atoms with Gasteiger partial charge in [0.05, 0.1) is 5.56 Å². The quantitative estimate of drug-likeness (QED) is 0.746. The van der Waals surface area contributed by atoms with Gasteiger partial charge < -0.3 is 0 Å². The van der Waals surface area contributed by atoms with Crippen LogP contribution in [0.15, 0.2) is 22.7 Å². The molecule has 0 spiro atoms. The molecule has 0 heterocycles. The molecular weight excluding hydrogens is 262 g/mol. The van der Waals surface area contributed by atoms with Crippen LogP contribution in [0.2, 0.25) is 0 Å². The van der Waals surface area contributed by atoms with Crippen LogP contribution >= 0.6 is 15.9 Å². The molecule has 0 radical (unpaired) electrons. The number of nitrogens with zero attached hydrogens (tertiary/aromatic N) is 1. The molecule has 1 aromatic rings. The summed E-state index contributed by atoms with van der Waals surface area (Å²) in [6.07, 6.45) is 2.24. The van der Waals surface area contributed by atoms with Crippen LogP contribution in [0.1, 0.15) is 37.8 Å². The average Bonchev–Trinajstić information content (AvgIpc) is 2.27. The van der Waals surface area contributed by atoms with Gasteiger partial charge in [-0.3, -0.25) is 0 Å². The summed E-state index contributed by atoms with van der Waals surface area (Å²) < 4.78 is 0.957. The highest BCUT2D eigenvalue weighted by atomic mass is 79.9. The normalized spacial score (nSPS) is 11.1. The lowest BCUT2D eigenvalue weighted by atomic mass is 10.0. The molecule has 0 aromatic heterocycles. The number of nitriles is 1. The number of benzene rings is 1. The summed E-state index contributed by atoms with van der Waals surface area (Å²) in [4.78, 5) is 0. The summed E-state index contributed by atoms with van der Waals surface area (Å²) in [6.45, 7) is 4.26. The second kappa shape index (κ2) is 6.36. The van der Waals surface area contributed by atoms with Gasteiger partial charge in [-0.25, -0.2) is 0 Å². The molecule has 0 aliphatic carbocycles. The number of halogens is 1. The fraction of sp³-hybridized carbons (Fsp3) is 0.357. The third-order valence-electron chi connectivity index (χ3n) is 2.28. The molecule has 0 saturated carbocycles. The van der Waals surface area contributed by atoms with Crippen LogP contribution in [0.5, 0.6) is 0 Å². The average molecular weight is 276 g/mol. The lowest BCUT2D eigenvalue weighted by Gasteiger charge is -2.00. The molecule has 0 bridgehead atoms. The van der Waals surface area contributed by atoms with E-state index in [1.807, 2.05) is 12.1 Å². The third kappa shape index (κ3) is 3.72. The maximum absolute atomic E-state index is 8.94. The fourth-order valence-electron chi connectivity index (χ4n) is 1.42. The molecule has 0 N–H and O–H groups in total. The molecule has 0 amide bonds. The first-order chi connectivity index (χ1) is 7.67. The summed E-state index contributed by atoms with van der Waals surface area (Å²) in [6, 6.07) is 7.70. The van der Waals surface area contributed by atoms with Gasteiger partial charge in [-0.2, -0.15) is 5.26 Å². The summed E-state index contributed by atoms with van der Waals surface area (Å²) in [5.74, 6) is 6.65. The van der Waals surface area contributed by atoms with Gasteiger partial charge >= 0.3 is 0 Å². The molecule has 1 rings (SSSR count). The molecule has 0 fully saturated rings. The summed E-state index contributed by atoms with van der Waals surface area (Å²) in [7, 11) is 0. The van der Waals surface area contributed by atoms with Crippen molar-refractivity contribution in [1.29, 1.82) is 5.26 Å². The summed E-state index contributed by atoms with van der Waals surface area (Å²) in [5, 5.41) is 8.94. The standard InChI is InChI=1S/C14H14BrN/c1-3-4-11(2)5-6-12-9-14(15)8-7-13(12)10-16/h7-9,11H,3-4H2,1-2H3. The molecule has 0 aliphatic rings. The summed E-state index contributed by atoms with van der Waals surface area (Å²) in [5.41, 5.74) is 1.44. The Morgan fingerprint density at radius 3 is 2.75 bits per heavy atom. The van der Waals surface area contributed by atoms with Gasteiger partial charge in [0.2, 0.25) is 0 Å². The van der Waals surface area contributed by atoms with Gasteiger partial charge in [0, 0.05) is 16.0 Å². The Bertz CT molecular complexity index is 460. The van der Waals surface area contributed by atoms with Crippen molar-refractivity contribution in [2.24, 2.45) is 5.92 Å². The molecule has 1 nitrogen and oxygen atoms in total. The van der Waals surface area contributed by atoms with E-state index in [4.69, 9.17) is 5.26 Å². The highest BCUT2D eigenvalue weighted by molar-refractivity contribution is 9.10. The van der Waals surface area contributed by atoms with Gasteiger partial charge in [0.15, 0.2) is 0 Å². The minimum atomic E-state index is 0.385. The first-order valence-corrected chi connectivity index (χ1v) is 6.18. The van der Waals surface area contributed by atoms with Gasteiger partial charge in [0.1, 0.15) is 6.07 Å². The van der Waals surface area contributed by atoms with Crippen LogP contribution in [0.4, 0.5) is 0 Å². The van der Waals surface area contributed by atoms with Gasteiger partial charge in [-0.05, 0) is 24.6 Å². The van der Waals surface area contributed by atoms with Crippen molar-refractivity contribution < 1.29 is 0 Å². The van der Waals surface area contributed by atoms with Crippen molar-refractivity contribution in [3.8, 4) is 17.9 Å². The summed E-state index contributed by atoms with van der Waals surface area (Å²) >= 11 is 3.39. The van der Waals surface area contributed by atoms with Crippen molar-refractivity contribution in [3.63, 3.8) is 0 Å². The minimum Gasteiger partial charge on any atom is -0.192 e. The lowest BCUT2D eigenvalue weighted by Crippen LogP contribution is -1.89. The van der Waals surface area contributed by atoms with Crippen LogP contribution in [-0.4, -0.2) is 0 Å². The van der Waals surface area contributed by atoms with E-state index in [0.29, 0.717) is 11.5 Å². The minimum absolute atomic E-state index is 0.385. The maximum atomic E-state index is 8.94. The highest BCUT2D eigenvalue weighted by Gasteiger charge is 2.00. The Kier molecular flexibility index (Phi) is 5.09. The van der Waals surface area contributed by atoms with E-state index in [1.165, 1.54) is 0 Å². The van der Waals surface area contributed by atoms with Crippen molar-refractivity contribution in [1.82, 2.24) is 0 Å². The topological polar surface area (TPSA) is 23.8 Å². The monoisotopic (exact) mass is 275 g/mol. The number of rotatable bonds is 2. The molecule has 1 aromatic carbocycles. The van der Waals surface area contributed by atoms with E-state index >= 15 is 0 Å². The Hall–Kier alpha value is -1.25. The Morgan fingerprint density at radius 1 is 1.38 bits per heavy atom. The Labute approximate surface area is 106 Å². The molecule has 2 heteroatoms. The van der Waals surface area contributed by atoms with E-state index in [9.17, 15) is 0 Å². The third-order valence-corrected chi connectivity index (χ3v) is 2.77. The zero-order chi connectivity index (χ0) is 12.0. The zero-order valence-corrected chi connectivity index (χ0v) is 11.1. The Morgan fingerprint density at radius 2 is 2.12 bits per heavy atom. The maximum Gasteiger partial charge on any atom is 0.100 e. The van der Waals surface area contributed by atoms with Crippen LogP contribution in [0.3, 0.4) is 0 Å². The number of hydrogen-bond donors (Lipinski definition) is 0. The molecule has 1 unspecified atom stereocenters. The number of hydrogen-bond acceptors (Lipinski definition) is 1. The smallest absolute Gasteiger partial charge is 0.100 e. The van der Waals surface area contributed by atoms with Crippen molar-refractivity contribution >= 4 is 15.9 Å². The van der Waals surface area contributed by atoms with E-state index in [0.717, 1.165) is 22.9 Å². The van der Waals surface area contributed by atoms with E-state index < -0.39 is 0 Å². The molecule has 0 aliphatic heterocycles. The molecule has 0 saturated heterocycles. The largest absolute Gasteiger partial charge is 0.192 e. The van der Waals surface area contributed by atoms with Crippen LogP contribution in [0, 0.1) is 29.1 Å². The fourth-order valence-corrected chi connectivity index (χ4v) is 1.78. The van der Waals surface area contributed by atoms with Crippen molar-refractivity contribution in [3.05, 3.63) is 33.8 Å². The van der Waals surface area contributed by atoms with E-state index in [-0.39, 0.29) is 0 Å². The highest BCUT2D eigenvalue weighted by Crippen LogP contribution is 2.15. The van der Waals surface area contributed by atoms with E-state index in [1.54, 1.807) is 6.07 Å². The van der Waals surface area contributed by atoms with E-state index in [2.05, 4.69) is 47.7 Å². The van der Waals surface area contributed by atoms with Crippen LogP contribution in [-0.2, 0) is 0 Å². The predicted molar refractivity (Wildman–Crippen MR) is 69.8 cm³/mol. The zero-order valence-electron chi connectivity index (χ0n) is 9.55. The molecule has 82 valence electrons. The van der Waals surface area contributed by atoms with Gasteiger partial charge in [-0.1, -0.05) is 48.0 Å². The second-order valence-corrected chi connectivity index (χ2v) is 4.68.